The molecule has 0 saturated carbocycles. The quantitative estimate of drug-likeness (QED) is 0.496. The van der Waals surface area contributed by atoms with Crippen LogP contribution in [-0.2, 0) is 12.6 Å². The number of hydrogen-bond donors (Lipinski definition) is 2. The SMILES string of the molecule is CC(C)c1nc2c(c(I)c1[C@@H](O)c1cccc(C(F)(F)F)c1)C(O)CC(C)(C)C2. The van der Waals surface area contributed by atoms with E-state index in [1.54, 1.807) is 0 Å². The molecule has 0 saturated heterocycles. The summed E-state index contributed by atoms with van der Waals surface area (Å²) >= 11 is 2.09. The lowest BCUT2D eigenvalue weighted by Gasteiger charge is -2.36. The normalized spacial score (nSPS) is 19.9. The van der Waals surface area contributed by atoms with Crippen LogP contribution in [0.1, 0.15) is 85.9 Å². The van der Waals surface area contributed by atoms with Crippen LogP contribution >= 0.6 is 22.6 Å². The first-order chi connectivity index (χ1) is 13.3. The maximum absolute atomic E-state index is 13.1. The van der Waals surface area contributed by atoms with Gasteiger partial charge in [-0.05, 0) is 64.5 Å². The zero-order valence-corrected chi connectivity index (χ0v) is 19.0. The van der Waals surface area contributed by atoms with Crippen molar-refractivity contribution in [3.05, 3.63) is 61.5 Å². The summed E-state index contributed by atoms with van der Waals surface area (Å²) in [5, 5.41) is 21.8. The van der Waals surface area contributed by atoms with Crippen molar-refractivity contribution in [1.82, 2.24) is 4.98 Å². The fourth-order valence-corrected chi connectivity index (χ4v) is 5.27. The number of fused-ring (bicyclic) bond motifs is 1. The number of aromatic nitrogens is 1. The summed E-state index contributed by atoms with van der Waals surface area (Å²) in [6.45, 7) is 8.04. The first-order valence-corrected chi connectivity index (χ1v) is 10.6. The Morgan fingerprint density at radius 2 is 1.90 bits per heavy atom. The van der Waals surface area contributed by atoms with Crippen LogP contribution in [0.25, 0.3) is 0 Å². The molecule has 2 N–H and O–H groups in total. The van der Waals surface area contributed by atoms with Crippen molar-refractivity contribution in [2.45, 2.75) is 64.8 Å². The molecular formula is C22H25F3INO2. The topological polar surface area (TPSA) is 53.4 Å². The van der Waals surface area contributed by atoms with Gasteiger partial charge in [-0.3, -0.25) is 4.98 Å². The molecule has 1 unspecified atom stereocenters. The summed E-state index contributed by atoms with van der Waals surface area (Å²) in [6.07, 6.45) is -5.20. The van der Waals surface area contributed by atoms with Gasteiger partial charge in [0.2, 0.25) is 0 Å². The fourth-order valence-electron chi connectivity index (χ4n) is 4.03. The van der Waals surface area contributed by atoms with E-state index in [0.29, 0.717) is 33.2 Å². The average molecular weight is 519 g/mol. The highest BCUT2D eigenvalue weighted by Crippen LogP contribution is 2.45. The molecule has 0 amide bonds. The van der Waals surface area contributed by atoms with Crippen molar-refractivity contribution in [3.63, 3.8) is 0 Å². The van der Waals surface area contributed by atoms with Gasteiger partial charge in [0.05, 0.1) is 17.4 Å². The van der Waals surface area contributed by atoms with E-state index in [1.807, 2.05) is 13.8 Å². The largest absolute Gasteiger partial charge is 0.416 e. The highest BCUT2D eigenvalue weighted by Gasteiger charge is 2.37. The number of aliphatic hydroxyl groups is 2. The molecule has 0 aliphatic heterocycles. The van der Waals surface area contributed by atoms with Crippen molar-refractivity contribution in [1.29, 1.82) is 0 Å². The van der Waals surface area contributed by atoms with Gasteiger partial charge in [-0.15, -0.1) is 0 Å². The first kappa shape index (κ1) is 22.5. The predicted molar refractivity (Wildman–Crippen MR) is 114 cm³/mol. The highest BCUT2D eigenvalue weighted by atomic mass is 127. The van der Waals surface area contributed by atoms with E-state index in [0.717, 1.165) is 17.8 Å². The van der Waals surface area contributed by atoms with Gasteiger partial charge >= 0.3 is 6.18 Å². The first-order valence-electron chi connectivity index (χ1n) is 9.57. The molecule has 0 radical (unpaired) electrons. The van der Waals surface area contributed by atoms with Crippen LogP contribution in [-0.4, -0.2) is 15.2 Å². The van der Waals surface area contributed by atoms with Crippen molar-refractivity contribution in [3.8, 4) is 0 Å². The van der Waals surface area contributed by atoms with E-state index >= 15 is 0 Å². The number of hydrogen-bond acceptors (Lipinski definition) is 3. The molecule has 29 heavy (non-hydrogen) atoms. The van der Waals surface area contributed by atoms with Crippen LogP contribution in [0.5, 0.6) is 0 Å². The zero-order chi connectivity index (χ0) is 21.7. The monoisotopic (exact) mass is 519 g/mol. The summed E-state index contributed by atoms with van der Waals surface area (Å²) in [5.41, 5.74) is 1.89. The molecule has 1 heterocycles. The van der Waals surface area contributed by atoms with Crippen molar-refractivity contribution in [2.75, 3.05) is 0 Å². The van der Waals surface area contributed by atoms with Gasteiger partial charge < -0.3 is 10.2 Å². The molecule has 2 atom stereocenters. The second-order valence-electron chi connectivity index (χ2n) is 8.83. The van der Waals surface area contributed by atoms with Gasteiger partial charge in [0.1, 0.15) is 6.10 Å². The smallest absolute Gasteiger partial charge is 0.388 e. The minimum Gasteiger partial charge on any atom is -0.388 e. The Bertz CT molecular complexity index is 925. The van der Waals surface area contributed by atoms with Crippen LogP contribution in [0, 0.1) is 8.99 Å². The molecular weight excluding hydrogens is 494 g/mol. The lowest BCUT2D eigenvalue weighted by molar-refractivity contribution is -0.137. The number of rotatable bonds is 3. The van der Waals surface area contributed by atoms with Gasteiger partial charge in [0.25, 0.3) is 0 Å². The number of benzene rings is 1. The molecule has 0 spiro atoms. The fraction of sp³-hybridized carbons (Fsp3) is 0.500. The van der Waals surface area contributed by atoms with Gasteiger partial charge in [-0.1, -0.05) is 39.8 Å². The van der Waals surface area contributed by atoms with E-state index in [9.17, 15) is 23.4 Å². The second-order valence-corrected chi connectivity index (χ2v) is 9.91. The number of halogens is 4. The van der Waals surface area contributed by atoms with Crippen LogP contribution in [0.2, 0.25) is 0 Å². The van der Waals surface area contributed by atoms with Crippen LogP contribution in [0.15, 0.2) is 24.3 Å². The van der Waals surface area contributed by atoms with E-state index in [2.05, 4.69) is 36.4 Å². The minimum absolute atomic E-state index is 0.0357. The predicted octanol–water partition coefficient (Wildman–Crippen LogP) is 5.92. The Morgan fingerprint density at radius 1 is 1.24 bits per heavy atom. The van der Waals surface area contributed by atoms with Gasteiger partial charge in [-0.25, -0.2) is 0 Å². The van der Waals surface area contributed by atoms with E-state index in [-0.39, 0.29) is 16.9 Å². The maximum atomic E-state index is 13.1. The summed E-state index contributed by atoms with van der Waals surface area (Å²) < 4.78 is 40.1. The number of pyridine rings is 1. The molecule has 1 aromatic heterocycles. The van der Waals surface area contributed by atoms with Gasteiger partial charge in [0, 0.05) is 20.4 Å². The lowest BCUT2D eigenvalue weighted by Crippen LogP contribution is -2.29. The molecule has 3 nitrogen and oxygen atoms in total. The Kier molecular flexibility index (Phi) is 6.06. The van der Waals surface area contributed by atoms with Crippen LogP contribution in [0.4, 0.5) is 13.2 Å². The third-order valence-corrected chi connectivity index (χ3v) is 6.55. The lowest BCUT2D eigenvalue weighted by atomic mass is 9.74. The van der Waals surface area contributed by atoms with Crippen LogP contribution in [0.3, 0.4) is 0 Å². The Hall–Kier alpha value is -1.19. The third-order valence-electron chi connectivity index (χ3n) is 5.39. The number of alkyl halides is 3. The second kappa shape index (κ2) is 7.81. The van der Waals surface area contributed by atoms with E-state index in [4.69, 9.17) is 4.98 Å². The van der Waals surface area contributed by atoms with Gasteiger partial charge in [-0.2, -0.15) is 13.2 Å². The molecule has 0 fully saturated rings. The van der Waals surface area contributed by atoms with Gasteiger partial charge in [0.15, 0.2) is 0 Å². The summed E-state index contributed by atoms with van der Waals surface area (Å²) in [4.78, 5) is 4.79. The van der Waals surface area contributed by atoms with E-state index < -0.39 is 23.9 Å². The Morgan fingerprint density at radius 3 is 2.48 bits per heavy atom. The molecule has 1 aromatic carbocycles. The Balaban J connectivity index is 2.18. The van der Waals surface area contributed by atoms with Crippen molar-refractivity contribution < 1.29 is 23.4 Å². The molecule has 1 aliphatic rings. The standard InChI is InChI=1S/C22H25F3INO2/c1-11(2)19-17(20(29)12-6-5-7-13(8-12)22(23,24)25)18(26)16-14(27-19)9-21(3,4)10-15(16)28/h5-8,11,15,20,28-29H,9-10H2,1-4H3/t15?,20-/m0/s1. The zero-order valence-electron chi connectivity index (χ0n) is 16.8. The van der Waals surface area contributed by atoms with Crippen molar-refractivity contribution in [2.24, 2.45) is 5.41 Å². The molecule has 0 bridgehead atoms. The average Bonchev–Trinajstić information content (AvgIpc) is 2.58. The summed E-state index contributed by atoms with van der Waals surface area (Å²) in [6, 6.07) is 4.75. The molecule has 158 valence electrons. The number of nitrogens with zero attached hydrogens (tertiary/aromatic N) is 1. The summed E-state index contributed by atoms with van der Waals surface area (Å²) in [7, 11) is 0. The van der Waals surface area contributed by atoms with Crippen molar-refractivity contribution >= 4 is 22.6 Å². The third kappa shape index (κ3) is 4.46. The number of aliphatic hydroxyl groups excluding tert-OH is 2. The Labute approximate surface area is 182 Å². The molecule has 3 rings (SSSR count). The van der Waals surface area contributed by atoms with E-state index in [1.165, 1.54) is 12.1 Å². The molecule has 1 aliphatic carbocycles. The summed E-state index contributed by atoms with van der Waals surface area (Å²) in [5.74, 6) is -0.0357. The highest BCUT2D eigenvalue weighted by molar-refractivity contribution is 14.1. The minimum atomic E-state index is -4.49. The molecule has 7 heteroatoms. The van der Waals surface area contributed by atoms with Crippen LogP contribution < -0.4 is 0 Å². The maximum Gasteiger partial charge on any atom is 0.416 e. The molecule has 2 aromatic rings.